The number of amides is 1. The lowest BCUT2D eigenvalue weighted by atomic mass is 9.93. The lowest BCUT2D eigenvalue weighted by Crippen LogP contribution is -2.19. The van der Waals surface area contributed by atoms with E-state index in [4.69, 9.17) is 15.2 Å². The maximum atomic E-state index is 12.4. The summed E-state index contributed by atoms with van der Waals surface area (Å²) in [6.45, 7) is 8.38. The summed E-state index contributed by atoms with van der Waals surface area (Å²) in [7, 11) is 0. The first-order valence-electron chi connectivity index (χ1n) is 11.1. The summed E-state index contributed by atoms with van der Waals surface area (Å²) >= 11 is 0. The van der Waals surface area contributed by atoms with Gasteiger partial charge in [0.2, 0.25) is 5.91 Å². The molecule has 0 saturated carbocycles. The fraction of sp³-hybridized carbons (Fsp3) is 0.296. The molecule has 2 aromatic carbocycles. The highest BCUT2D eigenvalue weighted by Gasteiger charge is 2.28. The molecule has 0 unspecified atom stereocenters. The Hall–Kier alpha value is -3.67. The van der Waals surface area contributed by atoms with Crippen molar-refractivity contribution in [3.63, 3.8) is 0 Å². The zero-order valence-corrected chi connectivity index (χ0v) is 19.3. The Morgan fingerprint density at radius 2 is 1.70 bits per heavy atom. The molecule has 1 atom stereocenters. The molecule has 0 radical (unpaired) electrons. The molecule has 33 heavy (non-hydrogen) atoms. The second-order valence-corrected chi connectivity index (χ2v) is 8.70. The Balaban J connectivity index is 1.83. The number of ether oxygens (including phenoxy) is 2. The summed E-state index contributed by atoms with van der Waals surface area (Å²) < 4.78 is 12.6. The zero-order chi connectivity index (χ0) is 23.7. The second-order valence-electron chi connectivity index (χ2n) is 8.70. The summed E-state index contributed by atoms with van der Waals surface area (Å²) in [6, 6.07) is 14.7. The molecule has 0 aliphatic carbocycles. The Bertz CT molecular complexity index is 1200. The smallest absolute Gasteiger partial charge is 0.248 e. The van der Waals surface area contributed by atoms with E-state index in [0.717, 1.165) is 28.1 Å². The maximum Gasteiger partial charge on any atom is 0.248 e. The first-order valence-corrected chi connectivity index (χ1v) is 11.1. The number of rotatable bonds is 6. The van der Waals surface area contributed by atoms with Crippen molar-refractivity contribution in [1.82, 2.24) is 4.98 Å². The van der Waals surface area contributed by atoms with Gasteiger partial charge in [0, 0.05) is 34.5 Å². The number of hydrogen-bond acceptors (Lipinski definition) is 5. The molecular formula is C27H28N2O4. The van der Waals surface area contributed by atoms with E-state index in [0.29, 0.717) is 35.7 Å². The Labute approximate surface area is 193 Å². The molecule has 2 N–H and O–H groups in total. The van der Waals surface area contributed by atoms with Crippen molar-refractivity contribution in [2.45, 2.75) is 46.1 Å². The van der Waals surface area contributed by atoms with Crippen LogP contribution in [0.4, 0.5) is 0 Å². The predicted molar refractivity (Wildman–Crippen MR) is 126 cm³/mol. The van der Waals surface area contributed by atoms with E-state index in [1.807, 2.05) is 44.2 Å². The quantitative estimate of drug-likeness (QED) is 0.574. The van der Waals surface area contributed by atoms with Gasteiger partial charge in [0.15, 0.2) is 5.78 Å². The third-order valence-electron chi connectivity index (χ3n) is 5.76. The Morgan fingerprint density at radius 3 is 2.30 bits per heavy atom. The highest BCUT2D eigenvalue weighted by molar-refractivity contribution is 6.00. The van der Waals surface area contributed by atoms with Crippen molar-refractivity contribution in [3.8, 4) is 11.5 Å². The number of carbonyl (C=O) groups is 2. The number of primary amides is 1. The fourth-order valence-electron chi connectivity index (χ4n) is 4.28. The number of aryl methyl sites for hydroxylation is 2. The summed E-state index contributed by atoms with van der Waals surface area (Å²) in [4.78, 5) is 28.5. The molecular weight excluding hydrogens is 416 g/mol. The van der Waals surface area contributed by atoms with Gasteiger partial charge < -0.3 is 15.2 Å². The highest BCUT2D eigenvalue weighted by Crippen LogP contribution is 2.42. The number of hydrogen-bond donors (Lipinski definition) is 1. The van der Waals surface area contributed by atoms with Gasteiger partial charge in [-0.2, -0.15) is 0 Å². The van der Waals surface area contributed by atoms with Crippen molar-refractivity contribution in [3.05, 3.63) is 87.7 Å². The largest absolute Gasteiger partial charge is 0.492 e. The van der Waals surface area contributed by atoms with Crippen molar-refractivity contribution in [2.24, 2.45) is 5.73 Å². The van der Waals surface area contributed by atoms with Crippen LogP contribution in [-0.4, -0.2) is 23.3 Å². The van der Waals surface area contributed by atoms with Crippen LogP contribution >= 0.6 is 0 Å². The van der Waals surface area contributed by atoms with Gasteiger partial charge in [-0.1, -0.05) is 26.0 Å². The van der Waals surface area contributed by atoms with Gasteiger partial charge in [-0.05, 0) is 61.7 Å². The molecule has 1 aromatic heterocycles. The summed E-state index contributed by atoms with van der Waals surface area (Å²) in [5.41, 5.74) is 10.9. The molecule has 170 valence electrons. The summed E-state index contributed by atoms with van der Waals surface area (Å²) in [5, 5.41) is 0. The topological polar surface area (TPSA) is 91.5 Å². The van der Waals surface area contributed by atoms with E-state index in [1.165, 1.54) is 0 Å². The van der Waals surface area contributed by atoms with Crippen molar-refractivity contribution in [1.29, 1.82) is 0 Å². The zero-order valence-electron chi connectivity index (χ0n) is 19.3. The number of pyridine rings is 1. The molecule has 4 rings (SSSR count). The number of nitrogens with two attached hydrogens (primary N) is 1. The van der Waals surface area contributed by atoms with Gasteiger partial charge in [-0.3, -0.25) is 14.6 Å². The molecule has 1 aliphatic rings. The standard InChI is InChI=1S/C27H28N2O4/c1-15(2)24-23(10-9-21-22(30)11-12-32-26(21)24)33-25(20-13-16(3)29-17(4)14-20)18-5-7-19(8-6-18)27(28)31/h5-10,13-15,25H,11-12H2,1-4H3,(H2,28,31)/t25-/m0/s1. The number of carbonyl (C=O) groups excluding carboxylic acids is 2. The Morgan fingerprint density at radius 1 is 1.03 bits per heavy atom. The molecule has 2 heterocycles. The van der Waals surface area contributed by atoms with Crippen LogP contribution in [-0.2, 0) is 0 Å². The van der Waals surface area contributed by atoms with Gasteiger partial charge in [0.05, 0.1) is 12.2 Å². The van der Waals surface area contributed by atoms with Crippen LogP contribution in [0.5, 0.6) is 11.5 Å². The fourth-order valence-corrected chi connectivity index (χ4v) is 4.28. The normalized spacial score (nSPS) is 13.9. The van der Waals surface area contributed by atoms with Crippen molar-refractivity contribution < 1.29 is 19.1 Å². The summed E-state index contributed by atoms with van der Waals surface area (Å²) in [6.07, 6.45) is -0.0723. The molecule has 6 heteroatoms. The third-order valence-corrected chi connectivity index (χ3v) is 5.76. The number of Topliss-reactive ketones (excluding diaryl/α,β-unsaturated/α-hetero) is 1. The van der Waals surface area contributed by atoms with Crippen LogP contribution in [0.1, 0.15) is 81.1 Å². The SMILES string of the molecule is Cc1cc([C@@H](Oc2ccc3c(c2C(C)C)OCCC3=O)c2ccc(C(N)=O)cc2)cc(C)n1. The molecule has 0 fully saturated rings. The molecule has 6 nitrogen and oxygen atoms in total. The summed E-state index contributed by atoms with van der Waals surface area (Å²) in [5.74, 6) is 0.967. The number of benzene rings is 2. The lowest BCUT2D eigenvalue weighted by molar-refractivity contribution is 0.0930. The van der Waals surface area contributed by atoms with Crippen molar-refractivity contribution >= 4 is 11.7 Å². The number of nitrogens with zero attached hydrogens (tertiary/aromatic N) is 1. The third kappa shape index (κ3) is 4.60. The van der Waals surface area contributed by atoms with Crippen LogP contribution in [0.15, 0.2) is 48.5 Å². The molecule has 0 spiro atoms. The Kier molecular flexibility index (Phi) is 6.18. The van der Waals surface area contributed by atoms with Crippen molar-refractivity contribution in [2.75, 3.05) is 6.61 Å². The minimum atomic E-state index is -0.479. The number of fused-ring (bicyclic) bond motifs is 1. The van der Waals surface area contributed by atoms with Crippen LogP contribution in [0.25, 0.3) is 0 Å². The first-order chi connectivity index (χ1) is 15.7. The average molecular weight is 445 g/mol. The van der Waals surface area contributed by atoms with Crippen LogP contribution in [0.2, 0.25) is 0 Å². The van der Waals surface area contributed by atoms with Gasteiger partial charge in [0.1, 0.15) is 17.6 Å². The monoisotopic (exact) mass is 444 g/mol. The van der Waals surface area contributed by atoms with Gasteiger partial charge in [0.25, 0.3) is 0 Å². The van der Waals surface area contributed by atoms with E-state index < -0.39 is 12.0 Å². The molecule has 1 amide bonds. The van der Waals surface area contributed by atoms with E-state index in [9.17, 15) is 9.59 Å². The van der Waals surface area contributed by atoms with E-state index in [2.05, 4.69) is 18.8 Å². The maximum absolute atomic E-state index is 12.4. The second kappa shape index (κ2) is 9.06. The van der Waals surface area contributed by atoms with E-state index in [-0.39, 0.29) is 11.7 Å². The van der Waals surface area contributed by atoms with Crippen LogP contribution in [0.3, 0.4) is 0 Å². The number of aromatic nitrogens is 1. The first kappa shape index (κ1) is 22.5. The highest BCUT2D eigenvalue weighted by atomic mass is 16.5. The van der Waals surface area contributed by atoms with Crippen LogP contribution in [0, 0.1) is 13.8 Å². The lowest BCUT2D eigenvalue weighted by Gasteiger charge is -2.27. The minimum Gasteiger partial charge on any atom is -0.492 e. The van der Waals surface area contributed by atoms with E-state index in [1.54, 1.807) is 18.2 Å². The van der Waals surface area contributed by atoms with Gasteiger partial charge in [-0.15, -0.1) is 0 Å². The van der Waals surface area contributed by atoms with E-state index >= 15 is 0 Å². The molecule has 0 bridgehead atoms. The average Bonchev–Trinajstić information content (AvgIpc) is 2.76. The molecule has 1 aliphatic heterocycles. The predicted octanol–water partition coefficient (Wildman–Crippen LogP) is 5.05. The number of ketones is 1. The van der Waals surface area contributed by atoms with Crippen LogP contribution < -0.4 is 15.2 Å². The minimum absolute atomic E-state index is 0.0830. The van der Waals surface area contributed by atoms with Gasteiger partial charge in [-0.25, -0.2) is 0 Å². The van der Waals surface area contributed by atoms with Gasteiger partial charge >= 0.3 is 0 Å². The molecule has 0 saturated heterocycles. The molecule has 3 aromatic rings.